The Balaban J connectivity index is 1.68. The van der Waals surface area contributed by atoms with Crippen molar-refractivity contribution in [3.05, 3.63) is 88.2 Å². The average Bonchev–Trinajstić information content (AvgIpc) is 3.19. The minimum absolute atomic E-state index is 0.0973. The van der Waals surface area contributed by atoms with E-state index in [1.807, 2.05) is 12.1 Å². The van der Waals surface area contributed by atoms with Crippen LogP contribution in [0.3, 0.4) is 0 Å². The van der Waals surface area contributed by atoms with Gasteiger partial charge in [0, 0.05) is 12.1 Å². The first-order valence-corrected chi connectivity index (χ1v) is 10.9. The highest BCUT2D eigenvalue weighted by Crippen LogP contribution is 2.35. The summed E-state index contributed by atoms with van der Waals surface area (Å²) in [7, 11) is -4.09. The smallest absolute Gasteiger partial charge is 0.265 e. The summed E-state index contributed by atoms with van der Waals surface area (Å²) < 4.78 is 68.1. The summed E-state index contributed by atoms with van der Waals surface area (Å²) in [6, 6.07) is 12.1. The van der Waals surface area contributed by atoms with Crippen molar-refractivity contribution in [1.29, 1.82) is 0 Å². The van der Waals surface area contributed by atoms with Crippen molar-refractivity contribution >= 4 is 38.9 Å². The molecule has 5 nitrogen and oxygen atoms in total. The van der Waals surface area contributed by atoms with E-state index in [1.165, 1.54) is 16.4 Å². The van der Waals surface area contributed by atoms with Gasteiger partial charge in [-0.2, -0.15) is 0 Å². The third kappa shape index (κ3) is 3.75. The van der Waals surface area contributed by atoms with Crippen LogP contribution in [-0.4, -0.2) is 20.9 Å². The number of carbonyl (C=O) groups is 1. The molecule has 1 aliphatic heterocycles. The molecule has 0 saturated heterocycles. The van der Waals surface area contributed by atoms with Gasteiger partial charge >= 0.3 is 0 Å². The van der Waals surface area contributed by atoms with Gasteiger partial charge in [-0.3, -0.25) is 9.10 Å². The third-order valence-corrected chi connectivity index (χ3v) is 7.18. The molecule has 160 valence electrons. The second kappa shape index (κ2) is 7.90. The normalized spacial score (nSPS) is 13.2. The second-order valence-electron chi connectivity index (χ2n) is 6.78. The largest absolute Gasteiger partial charge is 0.319 e. The molecule has 0 unspecified atom stereocenters. The van der Waals surface area contributed by atoms with Crippen molar-refractivity contribution in [3.8, 4) is 0 Å². The predicted octanol–water partition coefficient (Wildman–Crippen LogP) is 4.76. The van der Waals surface area contributed by atoms with Crippen molar-refractivity contribution < 1.29 is 26.4 Å². The lowest BCUT2D eigenvalue weighted by molar-refractivity contribution is 0.102. The molecule has 0 aromatic heterocycles. The molecular weight excluding hydrogens is 453 g/mol. The van der Waals surface area contributed by atoms with E-state index in [0.717, 1.165) is 17.7 Å². The van der Waals surface area contributed by atoms with E-state index in [2.05, 4.69) is 5.32 Å². The monoisotopic (exact) mass is 466 g/mol. The Morgan fingerprint density at radius 2 is 1.74 bits per heavy atom. The quantitative estimate of drug-likeness (QED) is 0.564. The van der Waals surface area contributed by atoms with Gasteiger partial charge in [0.05, 0.1) is 16.4 Å². The summed E-state index contributed by atoms with van der Waals surface area (Å²) in [6.45, 7) is 0.217. The fourth-order valence-electron chi connectivity index (χ4n) is 3.34. The maximum atomic E-state index is 13.9. The summed E-state index contributed by atoms with van der Waals surface area (Å²) in [5.41, 5.74) is 0.651. The van der Waals surface area contributed by atoms with Crippen LogP contribution < -0.4 is 9.62 Å². The number of nitrogens with zero attached hydrogens (tertiary/aromatic N) is 1. The molecule has 31 heavy (non-hydrogen) atoms. The number of rotatable bonds is 4. The van der Waals surface area contributed by atoms with Crippen molar-refractivity contribution in [1.82, 2.24) is 0 Å². The molecule has 3 aromatic rings. The number of para-hydroxylation sites is 1. The molecule has 0 atom stereocenters. The molecule has 0 fully saturated rings. The number of hydrogen-bond acceptors (Lipinski definition) is 3. The van der Waals surface area contributed by atoms with Crippen LogP contribution in [0.2, 0.25) is 5.02 Å². The predicted molar refractivity (Wildman–Crippen MR) is 110 cm³/mol. The standard InChI is InChI=1S/C21H14ClF3N2O3S/c22-14-6-5-13(21(28)26-16-8-7-15(23)19(24)20(16)25)11-18(14)31(29,30)27-10-9-12-3-1-2-4-17(12)27/h1-8,11H,9-10H2,(H,26,28). The highest BCUT2D eigenvalue weighted by Gasteiger charge is 2.32. The Morgan fingerprint density at radius 3 is 2.52 bits per heavy atom. The molecule has 0 aliphatic carbocycles. The Morgan fingerprint density at radius 1 is 1.00 bits per heavy atom. The molecule has 10 heteroatoms. The van der Waals surface area contributed by atoms with Gasteiger partial charge < -0.3 is 5.32 Å². The Kier molecular flexibility index (Phi) is 5.40. The topological polar surface area (TPSA) is 66.5 Å². The zero-order valence-electron chi connectivity index (χ0n) is 15.7. The number of anilines is 2. The van der Waals surface area contributed by atoms with Crippen LogP contribution in [0.5, 0.6) is 0 Å². The number of amides is 1. The van der Waals surface area contributed by atoms with Crippen LogP contribution in [0.25, 0.3) is 0 Å². The maximum Gasteiger partial charge on any atom is 0.265 e. The summed E-state index contributed by atoms with van der Waals surface area (Å²) >= 11 is 6.13. The fraction of sp³-hybridized carbons (Fsp3) is 0.0952. The summed E-state index contributed by atoms with van der Waals surface area (Å²) in [5, 5.41) is 2.01. The zero-order chi connectivity index (χ0) is 22.3. The lowest BCUT2D eigenvalue weighted by Gasteiger charge is -2.20. The van der Waals surface area contributed by atoms with E-state index < -0.39 is 39.1 Å². The van der Waals surface area contributed by atoms with Crippen LogP contribution in [-0.2, 0) is 16.4 Å². The van der Waals surface area contributed by atoms with E-state index in [4.69, 9.17) is 11.6 Å². The van der Waals surface area contributed by atoms with Crippen LogP contribution in [0, 0.1) is 17.5 Å². The summed E-state index contributed by atoms with van der Waals surface area (Å²) in [6.07, 6.45) is 0.530. The van der Waals surface area contributed by atoms with E-state index in [9.17, 15) is 26.4 Å². The zero-order valence-corrected chi connectivity index (χ0v) is 17.3. The first-order valence-electron chi connectivity index (χ1n) is 9.05. The van der Waals surface area contributed by atoms with Crippen LogP contribution in [0.15, 0.2) is 59.5 Å². The van der Waals surface area contributed by atoms with Crippen LogP contribution >= 0.6 is 11.6 Å². The Labute approximate surface area is 181 Å². The molecule has 4 rings (SSSR count). The summed E-state index contributed by atoms with van der Waals surface area (Å²) in [5.74, 6) is -5.62. The van der Waals surface area contributed by atoms with Gasteiger partial charge in [-0.25, -0.2) is 21.6 Å². The van der Waals surface area contributed by atoms with Crippen molar-refractivity contribution in [2.24, 2.45) is 0 Å². The van der Waals surface area contributed by atoms with Crippen molar-refractivity contribution in [2.45, 2.75) is 11.3 Å². The molecule has 1 amide bonds. The van der Waals surface area contributed by atoms with Gasteiger partial charge in [-0.15, -0.1) is 0 Å². The maximum absolute atomic E-state index is 13.9. The number of benzene rings is 3. The molecule has 0 radical (unpaired) electrons. The Bertz CT molecular complexity index is 1320. The number of fused-ring (bicyclic) bond motifs is 1. The minimum atomic E-state index is -4.09. The van der Waals surface area contributed by atoms with Crippen molar-refractivity contribution in [2.75, 3.05) is 16.2 Å². The van der Waals surface area contributed by atoms with Crippen LogP contribution in [0.1, 0.15) is 15.9 Å². The van der Waals surface area contributed by atoms with Gasteiger partial charge in [0.2, 0.25) is 0 Å². The SMILES string of the molecule is O=C(Nc1ccc(F)c(F)c1F)c1ccc(Cl)c(S(=O)(=O)N2CCc3ccccc32)c1. The Hall–Kier alpha value is -3.04. The van der Waals surface area contributed by atoms with E-state index in [-0.39, 0.29) is 22.0 Å². The van der Waals surface area contributed by atoms with Gasteiger partial charge in [0.1, 0.15) is 4.90 Å². The lowest BCUT2D eigenvalue weighted by atomic mass is 10.2. The molecule has 1 N–H and O–H groups in total. The fourth-order valence-corrected chi connectivity index (χ4v) is 5.34. The second-order valence-corrected chi connectivity index (χ2v) is 9.02. The molecule has 0 saturated carbocycles. The van der Waals surface area contributed by atoms with Gasteiger partial charge in [-0.05, 0) is 48.4 Å². The number of hydrogen-bond donors (Lipinski definition) is 1. The number of halogens is 4. The molecular formula is C21H14ClF3N2O3S. The number of sulfonamides is 1. The average molecular weight is 467 g/mol. The first-order chi connectivity index (χ1) is 14.7. The van der Waals surface area contributed by atoms with Gasteiger partial charge in [-0.1, -0.05) is 29.8 Å². The highest BCUT2D eigenvalue weighted by atomic mass is 35.5. The number of carbonyl (C=O) groups excluding carboxylic acids is 1. The molecule has 1 aliphatic rings. The lowest BCUT2D eigenvalue weighted by Crippen LogP contribution is -2.29. The molecule has 3 aromatic carbocycles. The molecule has 0 spiro atoms. The summed E-state index contributed by atoms with van der Waals surface area (Å²) in [4.78, 5) is 12.2. The van der Waals surface area contributed by atoms with Crippen LogP contribution in [0.4, 0.5) is 24.5 Å². The first kappa shape index (κ1) is 21.2. The minimum Gasteiger partial charge on any atom is -0.319 e. The van der Waals surface area contributed by atoms with Gasteiger partial charge in [0.25, 0.3) is 15.9 Å². The van der Waals surface area contributed by atoms with E-state index >= 15 is 0 Å². The third-order valence-electron chi connectivity index (χ3n) is 4.89. The van der Waals surface area contributed by atoms with E-state index in [1.54, 1.807) is 12.1 Å². The van der Waals surface area contributed by atoms with E-state index in [0.29, 0.717) is 18.2 Å². The molecule has 0 bridgehead atoms. The van der Waals surface area contributed by atoms with Crippen molar-refractivity contribution in [3.63, 3.8) is 0 Å². The molecule has 1 heterocycles. The van der Waals surface area contributed by atoms with Gasteiger partial charge in [0.15, 0.2) is 17.5 Å². The number of nitrogens with one attached hydrogen (secondary N) is 1. The highest BCUT2D eigenvalue weighted by molar-refractivity contribution is 7.93.